The molecule has 0 saturated carbocycles. The van der Waals surface area contributed by atoms with Crippen LogP contribution in [0.25, 0.3) is 0 Å². The molecule has 0 fully saturated rings. The van der Waals surface area contributed by atoms with E-state index in [-0.39, 0.29) is 5.78 Å². The Morgan fingerprint density at radius 2 is 2.00 bits per heavy atom. The highest BCUT2D eigenvalue weighted by Crippen LogP contribution is 2.13. The number of carboxylic acid groups (broad SMARTS) is 1. The summed E-state index contributed by atoms with van der Waals surface area (Å²) in [6.07, 6.45) is -0.479. The molecule has 0 aromatic carbocycles. The van der Waals surface area contributed by atoms with E-state index in [1.165, 1.54) is 0 Å². The topological polar surface area (TPSA) is 72.2 Å². The highest BCUT2D eigenvalue weighted by Gasteiger charge is 2.19. The van der Waals surface area contributed by atoms with Gasteiger partial charge in [-0.3, -0.25) is 14.3 Å². The van der Waals surface area contributed by atoms with Gasteiger partial charge >= 0.3 is 5.97 Å². The van der Waals surface area contributed by atoms with Crippen molar-refractivity contribution in [3.05, 3.63) is 17.0 Å². The van der Waals surface area contributed by atoms with Crippen LogP contribution in [0.5, 0.6) is 0 Å². The summed E-state index contributed by atoms with van der Waals surface area (Å²) < 4.78 is 1.57. The molecule has 5 heteroatoms. The predicted molar refractivity (Wildman–Crippen MR) is 49.3 cm³/mol. The summed E-state index contributed by atoms with van der Waals surface area (Å²) in [6, 6.07) is 0. The molecule has 0 unspecified atom stereocenters. The fourth-order valence-corrected chi connectivity index (χ4v) is 1.40. The zero-order valence-electron chi connectivity index (χ0n) is 8.37. The monoisotopic (exact) mass is 196 g/mol. The summed E-state index contributed by atoms with van der Waals surface area (Å²) in [7, 11) is 1.72. The molecule has 1 heterocycles. The Bertz CT molecular complexity index is 393. The number of ketones is 1. The zero-order valence-corrected chi connectivity index (χ0v) is 8.37. The maximum Gasteiger partial charge on any atom is 0.311 e. The van der Waals surface area contributed by atoms with Crippen LogP contribution in [-0.4, -0.2) is 26.6 Å². The van der Waals surface area contributed by atoms with Crippen LogP contribution in [0.3, 0.4) is 0 Å². The van der Waals surface area contributed by atoms with Gasteiger partial charge in [-0.25, -0.2) is 0 Å². The number of aryl methyl sites for hydroxylation is 2. The van der Waals surface area contributed by atoms with Crippen molar-refractivity contribution in [2.45, 2.75) is 20.3 Å². The van der Waals surface area contributed by atoms with Crippen LogP contribution >= 0.6 is 0 Å². The van der Waals surface area contributed by atoms with Gasteiger partial charge in [0.2, 0.25) is 0 Å². The molecular weight excluding hydrogens is 184 g/mol. The molecule has 0 radical (unpaired) electrons. The number of nitrogens with zero attached hydrogens (tertiary/aromatic N) is 2. The van der Waals surface area contributed by atoms with Crippen molar-refractivity contribution < 1.29 is 14.7 Å². The Hall–Kier alpha value is -1.65. The lowest BCUT2D eigenvalue weighted by Gasteiger charge is -1.97. The Kier molecular flexibility index (Phi) is 2.69. The second kappa shape index (κ2) is 3.61. The van der Waals surface area contributed by atoms with Crippen molar-refractivity contribution in [3.63, 3.8) is 0 Å². The third-order valence-electron chi connectivity index (χ3n) is 2.10. The summed E-state index contributed by atoms with van der Waals surface area (Å²) in [5, 5.41) is 12.5. The summed E-state index contributed by atoms with van der Waals surface area (Å²) >= 11 is 0. The lowest BCUT2D eigenvalue weighted by atomic mass is 10.1. The molecule has 5 nitrogen and oxygen atoms in total. The maximum absolute atomic E-state index is 11.5. The molecule has 0 saturated heterocycles. The Labute approximate surface area is 81.3 Å². The zero-order chi connectivity index (χ0) is 10.9. The van der Waals surface area contributed by atoms with Gasteiger partial charge in [0.15, 0.2) is 5.78 Å². The number of aliphatic carboxylic acids is 1. The molecule has 0 bridgehead atoms. The summed E-state index contributed by atoms with van der Waals surface area (Å²) in [6.45, 7) is 3.44. The first-order valence-electron chi connectivity index (χ1n) is 4.18. The molecule has 76 valence electrons. The second-order valence-electron chi connectivity index (χ2n) is 3.16. The number of hydrogen-bond acceptors (Lipinski definition) is 3. The third kappa shape index (κ3) is 1.81. The van der Waals surface area contributed by atoms with Gasteiger partial charge in [-0.1, -0.05) is 0 Å². The van der Waals surface area contributed by atoms with E-state index in [1.807, 2.05) is 0 Å². The van der Waals surface area contributed by atoms with Crippen molar-refractivity contribution >= 4 is 11.8 Å². The Balaban J connectivity index is 3.06. The molecular formula is C9H12N2O3. The fraction of sp³-hybridized carbons (Fsp3) is 0.444. The van der Waals surface area contributed by atoms with E-state index in [0.717, 1.165) is 0 Å². The first-order chi connectivity index (χ1) is 6.43. The minimum absolute atomic E-state index is 0.388. The fourth-order valence-electron chi connectivity index (χ4n) is 1.40. The van der Waals surface area contributed by atoms with Gasteiger partial charge in [-0.2, -0.15) is 5.10 Å². The van der Waals surface area contributed by atoms with E-state index in [0.29, 0.717) is 17.0 Å². The average Bonchev–Trinajstić information content (AvgIpc) is 2.25. The molecule has 14 heavy (non-hydrogen) atoms. The molecule has 1 N–H and O–H groups in total. The maximum atomic E-state index is 11.5. The third-order valence-corrected chi connectivity index (χ3v) is 2.10. The number of aromatic nitrogens is 2. The first-order valence-corrected chi connectivity index (χ1v) is 4.18. The van der Waals surface area contributed by atoms with Crippen LogP contribution in [0.15, 0.2) is 0 Å². The van der Waals surface area contributed by atoms with E-state index in [1.54, 1.807) is 25.6 Å². The van der Waals surface area contributed by atoms with Crippen molar-refractivity contribution in [1.29, 1.82) is 0 Å². The molecule has 0 aliphatic carbocycles. The second-order valence-corrected chi connectivity index (χ2v) is 3.16. The predicted octanol–water partition coefficient (Wildman–Crippen LogP) is 0.694. The van der Waals surface area contributed by atoms with Gasteiger partial charge in [-0.05, 0) is 13.8 Å². The molecule has 1 aromatic heterocycles. The van der Waals surface area contributed by atoms with Crippen LogP contribution < -0.4 is 0 Å². The van der Waals surface area contributed by atoms with Gasteiger partial charge in [0.1, 0.15) is 6.42 Å². The average molecular weight is 196 g/mol. The van der Waals surface area contributed by atoms with Gasteiger partial charge in [0.25, 0.3) is 0 Å². The first kappa shape index (κ1) is 10.4. The quantitative estimate of drug-likeness (QED) is 0.570. The molecule has 0 amide bonds. The van der Waals surface area contributed by atoms with Crippen molar-refractivity contribution in [1.82, 2.24) is 9.78 Å². The standard InChI is InChI=1S/C9H12N2O3/c1-5-9(6(2)11(3)10-5)7(12)4-8(13)14/h4H2,1-3H3,(H,13,14). The molecule has 0 aliphatic heterocycles. The van der Waals surface area contributed by atoms with Crippen LogP contribution in [0.4, 0.5) is 0 Å². The van der Waals surface area contributed by atoms with Crippen molar-refractivity contribution in [2.24, 2.45) is 7.05 Å². The van der Waals surface area contributed by atoms with Gasteiger partial charge in [0.05, 0.1) is 11.3 Å². The number of hydrogen-bond donors (Lipinski definition) is 1. The number of Topliss-reactive ketones (excluding diaryl/α,β-unsaturated/α-hetero) is 1. The summed E-state index contributed by atoms with van der Waals surface area (Å²) in [5.74, 6) is -1.50. The van der Waals surface area contributed by atoms with Crippen molar-refractivity contribution in [3.8, 4) is 0 Å². The van der Waals surface area contributed by atoms with E-state index in [2.05, 4.69) is 5.10 Å². The van der Waals surface area contributed by atoms with Gasteiger partial charge < -0.3 is 5.11 Å². The minimum atomic E-state index is -1.11. The van der Waals surface area contributed by atoms with Crippen molar-refractivity contribution in [2.75, 3.05) is 0 Å². The van der Waals surface area contributed by atoms with E-state index in [9.17, 15) is 9.59 Å². The largest absolute Gasteiger partial charge is 0.481 e. The highest BCUT2D eigenvalue weighted by atomic mass is 16.4. The summed E-state index contributed by atoms with van der Waals surface area (Å²) in [5.41, 5.74) is 1.71. The smallest absolute Gasteiger partial charge is 0.311 e. The van der Waals surface area contributed by atoms with Crippen LogP contribution in [0, 0.1) is 13.8 Å². The SMILES string of the molecule is Cc1nn(C)c(C)c1C(=O)CC(=O)O. The molecule has 1 aromatic rings. The molecule has 0 spiro atoms. The molecule has 0 atom stereocenters. The Morgan fingerprint density at radius 3 is 2.36 bits per heavy atom. The lowest BCUT2D eigenvalue weighted by Crippen LogP contribution is -2.09. The lowest BCUT2D eigenvalue weighted by molar-refractivity contribution is -0.135. The van der Waals surface area contributed by atoms with E-state index in [4.69, 9.17) is 5.11 Å². The number of carbonyl (C=O) groups excluding carboxylic acids is 1. The molecule has 1 rings (SSSR count). The van der Waals surface area contributed by atoms with Crippen LogP contribution in [-0.2, 0) is 11.8 Å². The van der Waals surface area contributed by atoms with Crippen LogP contribution in [0.2, 0.25) is 0 Å². The minimum Gasteiger partial charge on any atom is -0.481 e. The molecule has 0 aliphatic rings. The van der Waals surface area contributed by atoms with E-state index >= 15 is 0 Å². The number of carbonyl (C=O) groups is 2. The van der Waals surface area contributed by atoms with Gasteiger partial charge in [0, 0.05) is 12.7 Å². The number of carboxylic acids is 1. The van der Waals surface area contributed by atoms with E-state index < -0.39 is 12.4 Å². The number of rotatable bonds is 3. The van der Waals surface area contributed by atoms with Crippen LogP contribution in [0.1, 0.15) is 28.2 Å². The normalized spacial score (nSPS) is 10.2. The Morgan fingerprint density at radius 1 is 1.43 bits per heavy atom. The van der Waals surface area contributed by atoms with Gasteiger partial charge in [-0.15, -0.1) is 0 Å². The summed E-state index contributed by atoms with van der Waals surface area (Å²) in [4.78, 5) is 21.8. The highest BCUT2D eigenvalue weighted by molar-refractivity contribution is 6.06.